The molecule has 7 nitrogen and oxygen atoms in total. The van der Waals surface area contributed by atoms with Crippen LogP contribution < -0.4 is 11.1 Å². The molecular formula is C22H21N3O4. The van der Waals surface area contributed by atoms with Gasteiger partial charge in [-0.2, -0.15) is 0 Å². The number of H-pyrrole nitrogens is 1. The summed E-state index contributed by atoms with van der Waals surface area (Å²) >= 11 is 0. The smallest absolute Gasteiger partial charge is 0.273 e. The van der Waals surface area contributed by atoms with Gasteiger partial charge in [0.1, 0.15) is 17.9 Å². The molecule has 1 N–H and O–H groups in total. The number of likely N-dealkylation sites (N-methyl/N-ethyl adjacent to an activating group) is 1. The fraction of sp³-hybridized carbons (Fsp3) is 0.227. The van der Waals surface area contributed by atoms with E-state index in [1.807, 2.05) is 31.2 Å². The maximum Gasteiger partial charge on any atom is 0.273 e. The van der Waals surface area contributed by atoms with Gasteiger partial charge < -0.3 is 9.32 Å². The lowest BCUT2D eigenvalue weighted by atomic mass is 10.1. The molecule has 148 valence electrons. The summed E-state index contributed by atoms with van der Waals surface area (Å²) in [4.78, 5) is 39.2. The van der Waals surface area contributed by atoms with Gasteiger partial charge in [-0.1, -0.05) is 37.3 Å². The number of aromatic nitrogens is 2. The van der Waals surface area contributed by atoms with Crippen LogP contribution in [0.1, 0.15) is 18.2 Å². The van der Waals surface area contributed by atoms with Crippen LogP contribution in [0.15, 0.2) is 62.5 Å². The van der Waals surface area contributed by atoms with Crippen molar-refractivity contribution >= 4 is 27.6 Å². The summed E-state index contributed by atoms with van der Waals surface area (Å²) in [5.41, 5.74) is 0.947. The normalized spacial score (nSPS) is 11.2. The van der Waals surface area contributed by atoms with E-state index in [1.165, 1.54) is 4.90 Å². The number of carbonyl (C=O) groups excluding carboxylic acids is 1. The van der Waals surface area contributed by atoms with Crippen molar-refractivity contribution in [3.05, 3.63) is 80.6 Å². The largest absolute Gasteiger partial charge is 0.461 e. The van der Waals surface area contributed by atoms with Gasteiger partial charge in [-0.05, 0) is 18.2 Å². The summed E-state index contributed by atoms with van der Waals surface area (Å²) in [6, 6.07) is 14.3. The van der Waals surface area contributed by atoms with Crippen molar-refractivity contribution in [3.8, 4) is 0 Å². The average Bonchev–Trinajstić information content (AvgIpc) is 3.09. The van der Waals surface area contributed by atoms with Crippen LogP contribution in [0.5, 0.6) is 0 Å². The van der Waals surface area contributed by atoms with Crippen LogP contribution in [-0.2, 0) is 24.3 Å². The first-order valence-electron chi connectivity index (χ1n) is 9.44. The minimum Gasteiger partial charge on any atom is -0.461 e. The second-order valence-corrected chi connectivity index (χ2v) is 6.98. The van der Waals surface area contributed by atoms with Gasteiger partial charge in [-0.3, -0.25) is 19.5 Å². The summed E-state index contributed by atoms with van der Waals surface area (Å²) in [7, 11) is 1.67. The number of nitrogens with zero attached hydrogens (tertiary/aromatic N) is 2. The molecule has 0 saturated heterocycles. The first-order chi connectivity index (χ1) is 14.0. The monoisotopic (exact) mass is 391 g/mol. The summed E-state index contributed by atoms with van der Waals surface area (Å²) in [6.07, 6.45) is 0.712. The standard InChI is InChI=1S/C22H21N3O4/c1-3-18-17(14-8-6-7-11-19(14)29-18)12-24(2)20(26)13-25-22(28)16-10-5-4-9-15(16)21(27)23-25/h4-11H,3,12-13H2,1-2H3,(H,23,27). The Morgan fingerprint density at radius 3 is 2.41 bits per heavy atom. The average molecular weight is 391 g/mol. The number of hydrogen-bond donors (Lipinski definition) is 1. The second kappa shape index (κ2) is 7.43. The van der Waals surface area contributed by atoms with E-state index in [0.717, 1.165) is 27.0 Å². The van der Waals surface area contributed by atoms with Crippen LogP contribution in [0.2, 0.25) is 0 Å². The van der Waals surface area contributed by atoms with Gasteiger partial charge in [-0.25, -0.2) is 4.68 Å². The summed E-state index contributed by atoms with van der Waals surface area (Å²) in [6.45, 7) is 2.11. The molecule has 0 radical (unpaired) electrons. The predicted octanol–water partition coefficient (Wildman–Crippen LogP) is 2.66. The number of fused-ring (bicyclic) bond motifs is 2. The lowest BCUT2D eigenvalue weighted by Crippen LogP contribution is -2.37. The highest BCUT2D eigenvalue weighted by atomic mass is 16.3. The molecule has 2 heterocycles. The Hall–Kier alpha value is -3.61. The van der Waals surface area contributed by atoms with Gasteiger partial charge in [0.2, 0.25) is 5.91 Å². The number of para-hydroxylation sites is 1. The Morgan fingerprint density at radius 1 is 1.03 bits per heavy atom. The van der Waals surface area contributed by atoms with Gasteiger partial charge in [0, 0.05) is 31.0 Å². The number of nitrogens with one attached hydrogen (secondary N) is 1. The number of hydrogen-bond acceptors (Lipinski definition) is 4. The molecule has 2 aromatic heterocycles. The highest BCUT2D eigenvalue weighted by molar-refractivity contribution is 5.84. The Kier molecular flexibility index (Phi) is 4.80. The van der Waals surface area contributed by atoms with E-state index in [1.54, 1.807) is 31.3 Å². The minimum absolute atomic E-state index is 0.243. The maximum atomic E-state index is 12.8. The van der Waals surface area contributed by atoms with Gasteiger partial charge in [-0.15, -0.1) is 0 Å². The van der Waals surface area contributed by atoms with Crippen LogP contribution in [-0.4, -0.2) is 27.6 Å². The van der Waals surface area contributed by atoms with Crippen molar-refractivity contribution in [2.75, 3.05) is 7.05 Å². The minimum atomic E-state index is -0.398. The van der Waals surface area contributed by atoms with Crippen molar-refractivity contribution in [2.45, 2.75) is 26.4 Å². The Morgan fingerprint density at radius 2 is 1.69 bits per heavy atom. The van der Waals surface area contributed by atoms with E-state index in [-0.39, 0.29) is 12.5 Å². The van der Waals surface area contributed by atoms with Crippen molar-refractivity contribution in [1.82, 2.24) is 14.7 Å². The molecule has 4 rings (SSSR count). The van der Waals surface area contributed by atoms with Gasteiger partial charge in [0.05, 0.1) is 10.8 Å². The fourth-order valence-electron chi connectivity index (χ4n) is 3.55. The number of aryl methyl sites for hydroxylation is 1. The number of furan rings is 1. The molecule has 0 aliphatic rings. The number of rotatable bonds is 5. The summed E-state index contributed by atoms with van der Waals surface area (Å²) in [5, 5.41) is 4.07. The molecule has 29 heavy (non-hydrogen) atoms. The SMILES string of the molecule is CCc1oc2ccccc2c1CN(C)C(=O)Cn1[nH]c(=O)c2ccccc2c1=O. The zero-order valence-corrected chi connectivity index (χ0v) is 16.3. The lowest BCUT2D eigenvalue weighted by molar-refractivity contribution is -0.131. The second-order valence-electron chi connectivity index (χ2n) is 6.98. The number of amides is 1. The quantitative estimate of drug-likeness (QED) is 0.566. The molecule has 2 aromatic carbocycles. The first-order valence-corrected chi connectivity index (χ1v) is 9.44. The van der Waals surface area contributed by atoms with Crippen LogP contribution in [0.4, 0.5) is 0 Å². The van der Waals surface area contributed by atoms with Crippen LogP contribution >= 0.6 is 0 Å². The van der Waals surface area contributed by atoms with Crippen molar-refractivity contribution in [3.63, 3.8) is 0 Å². The van der Waals surface area contributed by atoms with Crippen molar-refractivity contribution in [1.29, 1.82) is 0 Å². The predicted molar refractivity (Wildman–Crippen MR) is 111 cm³/mol. The van der Waals surface area contributed by atoms with Gasteiger partial charge in [0.15, 0.2) is 0 Å². The molecule has 1 amide bonds. The third-order valence-electron chi connectivity index (χ3n) is 5.10. The van der Waals surface area contributed by atoms with Crippen LogP contribution in [0.25, 0.3) is 21.7 Å². The fourth-order valence-corrected chi connectivity index (χ4v) is 3.55. The molecule has 0 aliphatic carbocycles. The topological polar surface area (TPSA) is 88.3 Å². The highest BCUT2D eigenvalue weighted by Crippen LogP contribution is 2.27. The first kappa shape index (κ1) is 18.7. The number of benzene rings is 2. The molecule has 0 fully saturated rings. The lowest BCUT2D eigenvalue weighted by Gasteiger charge is -2.18. The summed E-state index contributed by atoms with van der Waals surface area (Å²) in [5.74, 6) is 0.549. The molecule has 0 aliphatic heterocycles. The van der Waals surface area contributed by atoms with E-state index in [9.17, 15) is 14.4 Å². The van der Waals surface area contributed by atoms with Gasteiger partial charge in [0.25, 0.3) is 11.1 Å². The third-order valence-corrected chi connectivity index (χ3v) is 5.10. The molecule has 0 atom stereocenters. The molecule has 4 aromatic rings. The zero-order valence-electron chi connectivity index (χ0n) is 16.3. The molecule has 0 unspecified atom stereocenters. The van der Waals surface area contributed by atoms with Crippen LogP contribution in [0, 0.1) is 0 Å². The number of carbonyl (C=O) groups is 1. The van der Waals surface area contributed by atoms with E-state index in [2.05, 4.69) is 5.10 Å². The Balaban J connectivity index is 1.62. The van der Waals surface area contributed by atoms with Crippen molar-refractivity contribution in [2.24, 2.45) is 0 Å². The Bertz CT molecular complexity index is 1330. The molecular weight excluding hydrogens is 370 g/mol. The summed E-state index contributed by atoms with van der Waals surface area (Å²) < 4.78 is 6.96. The molecule has 0 bridgehead atoms. The number of aromatic amines is 1. The van der Waals surface area contributed by atoms with E-state index in [4.69, 9.17) is 4.42 Å². The molecule has 0 saturated carbocycles. The van der Waals surface area contributed by atoms with Crippen LogP contribution in [0.3, 0.4) is 0 Å². The van der Waals surface area contributed by atoms with E-state index in [0.29, 0.717) is 23.7 Å². The van der Waals surface area contributed by atoms with Crippen molar-refractivity contribution < 1.29 is 9.21 Å². The zero-order chi connectivity index (χ0) is 20.5. The molecule has 0 spiro atoms. The maximum absolute atomic E-state index is 12.8. The Labute approximate surface area is 166 Å². The van der Waals surface area contributed by atoms with Gasteiger partial charge >= 0.3 is 0 Å². The molecule has 7 heteroatoms. The van der Waals surface area contributed by atoms with E-state index >= 15 is 0 Å². The van der Waals surface area contributed by atoms with E-state index < -0.39 is 11.1 Å². The highest BCUT2D eigenvalue weighted by Gasteiger charge is 2.18. The third kappa shape index (κ3) is 3.35.